The first-order valence-electron chi connectivity index (χ1n) is 22.3. The van der Waals surface area contributed by atoms with Crippen molar-refractivity contribution in [3.8, 4) is 78.4 Å². The maximum Gasteiger partial charge on any atom is 0.160 e. The van der Waals surface area contributed by atoms with Crippen molar-refractivity contribution in [2.45, 2.75) is 75.0 Å². The monoisotopic (exact) mass is 772 g/mol. The number of benzene rings is 7. The molecule has 2 heteroatoms. The molecule has 0 radical (unpaired) electrons. The number of fused-ring (bicyclic) bond motifs is 10. The van der Waals surface area contributed by atoms with Crippen LogP contribution >= 0.6 is 0 Å². The molecular formula is C58H48N2. The van der Waals surface area contributed by atoms with Crippen molar-refractivity contribution in [2.24, 2.45) is 0 Å². The smallest absolute Gasteiger partial charge is 0.160 e. The summed E-state index contributed by atoms with van der Waals surface area (Å²) >= 11 is 0. The van der Waals surface area contributed by atoms with Gasteiger partial charge in [0, 0.05) is 27.5 Å². The fraction of sp³-hybridized carbons (Fsp3) is 0.207. The highest BCUT2D eigenvalue weighted by atomic mass is 14.9. The van der Waals surface area contributed by atoms with E-state index >= 15 is 0 Å². The van der Waals surface area contributed by atoms with Gasteiger partial charge in [0.2, 0.25) is 0 Å². The highest BCUT2D eigenvalue weighted by molar-refractivity contribution is 5.96. The molecule has 2 fully saturated rings. The molecule has 0 saturated heterocycles. The van der Waals surface area contributed by atoms with Crippen LogP contribution in [-0.4, -0.2) is 9.97 Å². The van der Waals surface area contributed by atoms with E-state index in [0.717, 1.165) is 33.9 Å². The zero-order chi connectivity index (χ0) is 39.7. The summed E-state index contributed by atoms with van der Waals surface area (Å²) in [5, 5.41) is 0. The zero-order valence-corrected chi connectivity index (χ0v) is 34.1. The van der Waals surface area contributed by atoms with Crippen LogP contribution in [0.15, 0.2) is 170 Å². The first-order chi connectivity index (χ1) is 29.7. The lowest BCUT2D eigenvalue weighted by Crippen LogP contribution is -2.29. The summed E-state index contributed by atoms with van der Waals surface area (Å²) in [7, 11) is 0. The largest absolute Gasteiger partial charge is 0.228 e. The molecule has 0 unspecified atom stereocenters. The normalized spacial score (nSPS) is 16.6. The van der Waals surface area contributed by atoms with Gasteiger partial charge in [-0.2, -0.15) is 0 Å². The van der Waals surface area contributed by atoms with E-state index < -0.39 is 0 Å². The minimum atomic E-state index is 0.0790. The second kappa shape index (κ2) is 14.1. The van der Waals surface area contributed by atoms with Gasteiger partial charge in [-0.25, -0.2) is 9.97 Å². The van der Waals surface area contributed by atoms with Crippen LogP contribution in [0.3, 0.4) is 0 Å². The van der Waals surface area contributed by atoms with Crippen molar-refractivity contribution in [1.82, 2.24) is 9.97 Å². The minimum Gasteiger partial charge on any atom is -0.228 e. The Morgan fingerprint density at radius 3 is 1.42 bits per heavy atom. The molecule has 4 aliphatic carbocycles. The number of aromatic nitrogens is 2. The molecule has 12 rings (SSSR count). The lowest BCUT2D eigenvalue weighted by atomic mass is 9.66. The molecule has 0 aliphatic heterocycles. The van der Waals surface area contributed by atoms with Gasteiger partial charge in [-0.05, 0) is 111 Å². The molecule has 2 saturated carbocycles. The van der Waals surface area contributed by atoms with Crippen LogP contribution in [0, 0.1) is 0 Å². The van der Waals surface area contributed by atoms with Gasteiger partial charge in [0.25, 0.3) is 0 Å². The Bertz CT molecular complexity index is 2900. The molecule has 7 aromatic carbocycles. The standard InChI is InChI=1S/C58H48N2/c1-5-16-39(17-6-1)40-24-28-42(29-25-40)53-38-54(60-56(59-53)44-18-7-2-8-19-44)43-30-26-41(27-31-43)45-21-15-23-50-55(45)48-37-51-47(36-52(48)58(50)34-13-4-14-35-58)46-20-9-10-22-49(46)57(51)32-11-3-12-33-57/h1-2,5-10,15-31,36-38H,3-4,11-14,32-35H2. The fourth-order valence-corrected chi connectivity index (χ4v) is 11.9. The van der Waals surface area contributed by atoms with Crippen LogP contribution in [0.1, 0.15) is 86.5 Å². The highest BCUT2D eigenvalue weighted by Crippen LogP contribution is 2.63. The van der Waals surface area contributed by atoms with Gasteiger partial charge in [-0.15, -0.1) is 0 Å². The van der Waals surface area contributed by atoms with Crippen LogP contribution < -0.4 is 0 Å². The first-order valence-corrected chi connectivity index (χ1v) is 22.3. The van der Waals surface area contributed by atoms with E-state index in [1.54, 1.807) is 22.3 Å². The predicted octanol–water partition coefficient (Wildman–Crippen LogP) is 15.3. The van der Waals surface area contributed by atoms with Gasteiger partial charge in [0.15, 0.2) is 5.82 Å². The lowest BCUT2D eigenvalue weighted by molar-refractivity contribution is 0.350. The van der Waals surface area contributed by atoms with Crippen molar-refractivity contribution in [3.63, 3.8) is 0 Å². The summed E-state index contributed by atoms with van der Waals surface area (Å²) in [6, 6.07) is 63.0. The Hall–Kier alpha value is -6.38. The molecule has 4 aliphatic rings. The van der Waals surface area contributed by atoms with Gasteiger partial charge in [-0.3, -0.25) is 0 Å². The third-order valence-corrected chi connectivity index (χ3v) is 14.7. The molecule has 290 valence electrons. The van der Waals surface area contributed by atoms with Gasteiger partial charge in [-0.1, -0.05) is 190 Å². The Morgan fingerprint density at radius 2 is 0.767 bits per heavy atom. The van der Waals surface area contributed by atoms with Crippen molar-refractivity contribution in [1.29, 1.82) is 0 Å². The Balaban J connectivity index is 0.969. The predicted molar refractivity (Wildman–Crippen MR) is 248 cm³/mol. The van der Waals surface area contributed by atoms with E-state index in [1.807, 2.05) is 6.07 Å². The third kappa shape index (κ3) is 5.53. The average molecular weight is 773 g/mol. The summed E-state index contributed by atoms with van der Waals surface area (Å²) in [6.07, 6.45) is 12.9. The number of nitrogens with zero attached hydrogens (tertiary/aromatic N) is 2. The topological polar surface area (TPSA) is 25.8 Å². The second-order valence-corrected chi connectivity index (χ2v) is 17.9. The van der Waals surface area contributed by atoms with Gasteiger partial charge >= 0.3 is 0 Å². The summed E-state index contributed by atoms with van der Waals surface area (Å²) in [5.74, 6) is 0.736. The molecule has 0 atom stereocenters. The van der Waals surface area contributed by atoms with Crippen LogP contribution in [0.5, 0.6) is 0 Å². The van der Waals surface area contributed by atoms with Crippen LogP contribution in [0.25, 0.3) is 78.4 Å². The van der Waals surface area contributed by atoms with Crippen LogP contribution in [0.4, 0.5) is 0 Å². The summed E-state index contributed by atoms with van der Waals surface area (Å²) < 4.78 is 0. The fourth-order valence-electron chi connectivity index (χ4n) is 11.9. The van der Waals surface area contributed by atoms with E-state index in [0.29, 0.717) is 0 Å². The Labute approximate surface area is 354 Å². The third-order valence-electron chi connectivity index (χ3n) is 14.7. The van der Waals surface area contributed by atoms with Crippen molar-refractivity contribution < 1.29 is 0 Å². The zero-order valence-electron chi connectivity index (χ0n) is 34.1. The highest BCUT2D eigenvalue weighted by Gasteiger charge is 2.49. The molecule has 2 spiro atoms. The molecular weight excluding hydrogens is 725 g/mol. The maximum absolute atomic E-state index is 5.19. The minimum absolute atomic E-state index is 0.0790. The van der Waals surface area contributed by atoms with Crippen molar-refractivity contribution in [3.05, 3.63) is 192 Å². The molecule has 8 aromatic rings. The number of hydrogen-bond acceptors (Lipinski definition) is 2. The SMILES string of the molecule is c1ccc(-c2ccc(-c3cc(-c4ccc(-c5cccc6c5-c5cc7c(cc5C65CCCCC5)-c5ccccc5C75CCCCC5)cc4)nc(-c4ccccc4)n3)cc2)cc1. The average Bonchev–Trinajstić information content (AvgIpc) is 3.74. The first kappa shape index (κ1) is 35.6. The van der Waals surface area contributed by atoms with Crippen LogP contribution in [0.2, 0.25) is 0 Å². The van der Waals surface area contributed by atoms with Gasteiger partial charge in [0.05, 0.1) is 11.4 Å². The summed E-state index contributed by atoms with van der Waals surface area (Å²) in [4.78, 5) is 10.3. The maximum atomic E-state index is 5.19. The second-order valence-electron chi connectivity index (χ2n) is 17.9. The Kier molecular flexibility index (Phi) is 8.37. The summed E-state index contributed by atoms with van der Waals surface area (Å²) in [5.41, 5.74) is 22.5. The van der Waals surface area contributed by atoms with Crippen molar-refractivity contribution >= 4 is 0 Å². The molecule has 0 bridgehead atoms. The molecule has 2 nitrogen and oxygen atoms in total. The van der Waals surface area contributed by atoms with E-state index in [4.69, 9.17) is 9.97 Å². The van der Waals surface area contributed by atoms with Gasteiger partial charge < -0.3 is 0 Å². The van der Waals surface area contributed by atoms with E-state index in [2.05, 4.69) is 164 Å². The summed E-state index contributed by atoms with van der Waals surface area (Å²) in [6.45, 7) is 0. The molecule has 1 aromatic heterocycles. The van der Waals surface area contributed by atoms with Crippen LogP contribution in [-0.2, 0) is 10.8 Å². The van der Waals surface area contributed by atoms with E-state index in [9.17, 15) is 0 Å². The quantitative estimate of drug-likeness (QED) is 0.174. The molecule has 0 amide bonds. The lowest BCUT2D eigenvalue weighted by Gasteiger charge is -2.37. The van der Waals surface area contributed by atoms with E-state index in [-0.39, 0.29) is 10.8 Å². The Morgan fingerprint density at radius 1 is 0.300 bits per heavy atom. The molecule has 0 N–H and O–H groups in total. The molecule has 60 heavy (non-hydrogen) atoms. The number of rotatable bonds is 5. The van der Waals surface area contributed by atoms with E-state index in [1.165, 1.54) is 109 Å². The van der Waals surface area contributed by atoms with Gasteiger partial charge in [0.1, 0.15) is 0 Å². The van der Waals surface area contributed by atoms with Crippen molar-refractivity contribution in [2.75, 3.05) is 0 Å². The molecule has 1 heterocycles. The number of hydrogen-bond donors (Lipinski definition) is 0.